The minimum Gasteiger partial charge on any atom is -0.475 e. The summed E-state index contributed by atoms with van der Waals surface area (Å²) < 4.78 is 16.7. The Morgan fingerprint density at radius 2 is 2.19 bits per heavy atom. The van der Waals surface area contributed by atoms with E-state index in [1.807, 2.05) is 13.8 Å². The van der Waals surface area contributed by atoms with Gasteiger partial charge in [-0.25, -0.2) is 4.79 Å². The summed E-state index contributed by atoms with van der Waals surface area (Å²) in [6.45, 7) is 5.69. The van der Waals surface area contributed by atoms with Crippen molar-refractivity contribution >= 4 is 16.8 Å². The molecule has 16 heavy (non-hydrogen) atoms. The van der Waals surface area contributed by atoms with Gasteiger partial charge in [-0.1, -0.05) is 13.8 Å². The van der Waals surface area contributed by atoms with Crippen molar-refractivity contribution < 1.29 is 18.5 Å². The van der Waals surface area contributed by atoms with Gasteiger partial charge in [0.1, 0.15) is 5.76 Å². The zero-order chi connectivity index (χ0) is 12.3. The van der Waals surface area contributed by atoms with Crippen molar-refractivity contribution in [3.05, 3.63) is 23.2 Å². The molecule has 0 bridgehead atoms. The molecule has 0 aliphatic heterocycles. The molecule has 1 heterocycles. The second kappa shape index (κ2) is 5.30. The summed E-state index contributed by atoms with van der Waals surface area (Å²) >= 11 is 0. The molecule has 0 saturated carbocycles. The number of aromatic carboxylic acids is 1. The summed E-state index contributed by atoms with van der Waals surface area (Å²) in [5.41, 5.74) is 0.719. The maximum absolute atomic E-state index is 11.7. The van der Waals surface area contributed by atoms with Crippen LogP contribution < -0.4 is 0 Å². The molecule has 0 aromatic carbocycles. The molecule has 90 valence electrons. The molecule has 5 heteroatoms. The van der Waals surface area contributed by atoms with E-state index < -0.39 is 16.8 Å². The van der Waals surface area contributed by atoms with Crippen molar-refractivity contribution in [3.8, 4) is 0 Å². The third-order valence-corrected chi connectivity index (χ3v) is 3.74. The Hall–Kier alpha value is -1.10. The Bertz CT molecular complexity index is 406. The predicted octanol–water partition coefficient (Wildman–Crippen LogP) is 2.19. The molecular weight excluding hydrogens is 228 g/mol. The first kappa shape index (κ1) is 13.0. The van der Waals surface area contributed by atoms with Gasteiger partial charge in [-0.15, -0.1) is 0 Å². The van der Waals surface area contributed by atoms with Crippen LogP contribution in [0, 0.1) is 12.8 Å². The fourth-order valence-corrected chi connectivity index (χ4v) is 2.87. The number of carboxylic acids is 1. The summed E-state index contributed by atoms with van der Waals surface area (Å²) in [6.07, 6.45) is 0. The predicted molar refractivity (Wildman–Crippen MR) is 62.0 cm³/mol. The lowest BCUT2D eigenvalue weighted by molar-refractivity contribution is 0.0661. The van der Waals surface area contributed by atoms with Crippen molar-refractivity contribution in [3.63, 3.8) is 0 Å². The van der Waals surface area contributed by atoms with Crippen molar-refractivity contribution in [2.24, 2.45) is 5.92 Å². The van der Waals surface area contributed by atoms with Crippen LogP contribution in [0.2, 0.25) is 0 Å². The molecule has 1 rings (SSSR count). The van der Waals surface area contributed by atoms with E-state index in [0.717, 1.165) is 5.56 Å². The van der Waals surface area contributed by atoms with E-state index in [1.54, 1.807) is 6.92 Å². The van der Waals surface area contributed by atoms with E-state index in [1.165, 1.54) is 6.07 Å². The molecule has 0 spiro atoms. The van der Waals surface area contributed by atoms with Crippen LogP contribution in [0.1, 0.15) is 35.7 Å². The van der Waals surface area contributed by atoms with Gasteiger partial charge >= 0.3 is 5.97 Å². The highest BCUT2D eigenvalue weighted by atomic mass is 32.2. The van der Waals surface area contributed by atoms with Crippen LogP contribution in [0.3, 0.4) is 0 Å². The average Bonchev–Trinajstić information content (AvgIpc) is 2.46. The fraction of sp³-hybridized carbons (Fsp3) is 0.545. The summed E-state index contributed by atoms with van der Waals surface area (Å²) in [5.74, 6) is 0.702. The van der Waals surface area contributed by atoms with E-state index in [0.29, 0.717) is 23.2 Å². The third-order valence-electron chi connectivity index (χ3n) is 2.07. The highest BCUT2D eigenvalue weighted by Crippen LogP contribution is 2.17. The van der Waals surface area contributed by atoms with Gasteiger partial charge in [0.15, 0.2) is 0 Å². The maximum atomic E-state index is 11.7. The fourth-order valence-electron chi connectivity index (χ4n) is 1.37. The van der Waals surface area contributed by atoms with Gasteiger partial charge in [-0.05, 0) is 18.9 Å². The van der Waals surface area contributed by atoms with Gasteiger partial charge in [0.2, 0.25) is 5.76 Å². The lowest BCUT2D eigenvalue weighted by Crippen LogP contribution is -2.06. The van der Waals surface area contributed by atoms with Crippen molar-refractivity contribution in [2.75, 3.05) is 5.75 Å². The minimum absolute atomic E-state index is 0.0888. The number of aryl methyl sites for hydroxylation is 1. The molecule has 1 atom stereocenters. The summed E-state index contributed by atoms with van der Waals surface area (Å²) in [5, 5.41) is 8.73. The van der Waals surface area contributed by atoms with Gasteiger partial charge < -0.3 is 9.52 Å². The van der Waals surface area contributed by atoms with Gasteiger partial charge in [0, 0.05) is 22.1 Å². The summed E-state index contributed by atoms with van der Waals surface area (Å²) in [6, 6.07) is 1.45. The first-order valence-corrected chi connectivity index (χ1v) is 6.56. The molecule has 4 nitrogen and oxygen atoms in total. The number of carboxylic acid groups (broad SMARTS) is 1. The van der Waals surface area contributed by atoms with Crippen LogP contribution in [-0.4, -0.2) is 21.0 Å². The molecule has 0 amide bonds. The lowest BCUT2D eigenvalue weighted by Gasteiger charge is -2.03. The van der Waals surface area contributed by atoms with Crippen molar-refractivity contribution in [1.29, 1.82) is 0 Å². The SMILES string of the molecule is Cc1oc(C(=O)O)cc1CS(=O)CC(C)C. The maximum Gasteiger partial charge on any atom is 0.371 e. The monoisotopic (exact) mass is 244 g/mol. The van der Waals surface area contributed by atoms with Crippen LogP contribution in [-0.2, 0) is 16.6 Å². The lowest BCUT2D eigenvalue weighted by atomic mass is 10.3. The molecule has 0 aliphatic carbocycles. The zero-order valence-corrected chi connectivity index (χ0v) is 10.5. The van der Waals surface area contributed by atoms with E-state index in [9.17, 15) is 9.00 Å². The Morgan fingerprint density at radius 1 is 1.56 bits per heavy atom. The molecule has 0 fully saturated rings. The van der Waals surface area contributed by atoms with Gasteiger partial charge in [0.25, 0.3) is 0 Å². The van der Waals surface area contributed by atoms with Crippen LogP contribution in [0.25, 0.3) is 0 Å². The summed E-state index contributed by atoms with van der Waals surface area (Å²) in [7, 11) is -0.964. The van der Waals surface area contributed by atoms with E-state index in [-0.39, 0.29) is 5.76 Å². The van der Waals surface area contributed by atoms with Gasteiger partial charge in [-0.2, -0.15) is 0 Å². The molecular formula is C11H16O4S. The number of hydrogen-bond donors (Lipinski definition) is 1. The Kier molecular flexibility index (Phi) is 4.29. The van der Waals surface area contributed by atoms with Crippen molar-refractivity contribution in [2.45, 2.75) is 26.5 Å². The number of carbonyl (C=O) groups is 1. The second-order valence-corrected chi connectivity index (χ2v) is 5.64. The average molecular weight is 244 g/mol. The molecule has 1 unspecified atom stereocenters. The first-order chi connectivity index (χ1) is 7.40. The Balaban J connectivity index is 2.74. The zero-order valence-electron chi connectivity index (χ0n) is 9.65. The molecule has 1 N–H and O–H groups in total. The highest BCUT2D eigenvalue weighted by Gasteiger charge is 2.15. The molecule has 1 aromatic heterocycles. The van der Waals surface area contributed by atoms with Gasteiger partial charge in [0.05, 0.1) is 5.75 Å². The molecule has 1 aromatic rings. The second-order valence-electron chi connectivity index (χ2n) is 4.14. The normalized spacial score (nSPS) is 13.0. The highest BCUT2D eigenvalue weighted by molar-refractivity contribution is 7.84. The van der Waals surface area contributed by atoms with E-state index in [2.05, 4.69) is 0 Å². The van der Waals surface area contributed by atoms with E-state index >= 15 is 0 Å². The number of furan rings is 1. The molecule has 0 aliphatic rings. The topological polar surface area (TPSA) is 67.5 Å². The minimum atomic E-state index is -1.09. The largest absolute Gasteiger partial charge is 0.475 e. The van der Waals surface area contributed by atoms with Gasteiger partial charge in [-0.3, -0.25) is 4.21 Å². The molecule has 0 radical (unpaired) electrons. The van der Waals surface area contributed by atoms with Crippen LogP contribution in [0.4, 0.5) is 0 Å². The molecule has 0 saturated heterocycles. The van der Waals surface area contributed by atoms with Crippen LogP contribution >= 0.6 is 0 Å². The van der Waals surface area contributed by atoms with Crippen molar-refractivity contribution in [1.82, 2.24) is 0 Å². The van der Waals surface area contributed by atoms with Crippen LogP contribution in [0.5, 0.6) is 0 Å². The van der Waals surface area contributed by atoms with Crippen LogP contribution in [0.15, 0.2) is 10.5 Å². The Morgan fingerprint density at radius 3 is 2.62 bits per heavy atom. The quantitative estimate of drug-likeness (QED) is 0.862. The summed E-state index contributed by atoms with van der Waals surface area (Å²) in [4.78, 5) is 10.7. The number of rotatable bonds is 5. The first-order valence-electron chi connectivity index (χ1n) is 5.07. The van der Waals surface area contributed by atoms with E-state index in [4.69, 9.17) is 9.52 Å². The smallest absolute Gasteiger partial charge is 0.371 e. The Labute approximate surface area is 97.1 Å². The number of hydrogen-bond acceptors (Lipinski definition) is 3. The third kappa shape index (κ3) is 3.48. The standard InChI is InChI=1S/C11H16O4S/c1-7(2)5-16(14)6-9-4-10(11(12)13)15-8(9)3/h4,7H,5-6H2,1-3H3,(H,12,13).